The van der Waals surface area contributed by atoms with Gasteiger partial charge in [0.1, 0.15) is 16.5 Å². The van der Waals surface area contributed by atoms with Gasteiger partial charge in [-0.05, 0) is 44.3 Å². The average molecular weight is 417 g/mol. The largest absolute Gasteiger partial charge is 0.495 e. The molecule has 0 unspecified atom stereocenters. The molecule has 0 saturated heterocycles. The molecule has 154 valence electrons. The van der Waals surface area contributed by atoms with Crippen molar-refractivity contribution >= 4 is 27.0 Å². The van der Waals surface area contributed by atoms with E-state index in [-0.39, 0.29) is 22.1 Å². The van der Waals surface area contributed by atoms with E-state index >= 15 is 0 Å². The zero-order valence-corrected chi connectivity index (χ0v) is 17.7. The van der Waals surface area contributed by atoms with Gasteiger partial charge in [0.15, 0.2) is 0 Å². The number of aromatic nitrogens is 2. The van der Waals surface area contributed by atoms with Crippen LogP contribution in [0.1, 0.15) is 23.1 Å². The minimum Gasteiger partial charge on any atom is -0.495 e. The van der Waals surface area contributed by atoms with Gasteiger partial charge in [-0.2, -0.15) is 0 Å². The SMILES string of the molecule is CCn1c(CN(C)C(=O)c2ccc(OC)c(S(=O)(=O)NC)c2)nc2ccccc21. The molecule has 3 rings (SSSR count). The van der Waals surface area contributed by atoms with Crippen molar-refractivity contribution in [1.29, 1.82) is 0 Å². The first kappa shape index (κ1) is 20.8. The van der Waals surface area contributed by atoms with Crippen molar-refractivity contribution in [2.24, 2.45) is 0 Å². The van der Waals surface area contributed by atoms with Gasteiger partial charge >= 0.3 is 0 Å². The fourth-order valence-electron chi connectivity index (χ4n) is 3.23. The number of fused-ring (bicyclic) bond motifs is 1. The Bertz CT molecular complexity index is 1150. The van der Waals surface area contributed by atoms with E-state index < -0.39 is 10.0 Å². The molecule has 0 bridgehead atoms. The molecule has 29 heavy (non-hydrogen) atoms. The summed E-state index contributed by atoms with van der Waals surface area (Å²) in [6.45, 7) is 3.05. The monoisotopic (exact) mass is 416 g/mol. The molecule has 0 aliphatic carbocycles. The van der Waals surface area contributed by atoms with E-state index in [1.165, 1.54) is 31.2 Å². The van der Waals surface area contributed by atoms with E-state index in [1.54, 1.807) is 13.1 Å². The molecule has 0 spiro atoms. The number of imidazole rings is 1. The Morgan fingerprint density at radius 2 is 1.97 bits per heavy atom. The number of carbonyl (C=O) groups is 1. The molecule has 1 N–H and O–H groups in total. The lowest BCUT2D eigenvalue weighted by molar-refractivity contribution is 0.0780. The molecule has 0 aliphatic rings. The molecule has 1 heterocycles. The quantitative estimate of drug-likeness (QED) is 0.638. The van der Waals surface area contributed by atoms with Crippen molar-refractivity contribution in [2.45, 2.75) is 24.9 Å². The number of benzene rings is 2. The first-order valence-electron chi connectivity index (χ1n) is 9.13. The maximum absolute atomic E-state index is 13.0. The standard InChI is InChI=1S/C20H24N4O4S/c1-5-24-16-9-7-6-8-15(16)22-19(24)13-23(3)20(25)14-10-11-17(28-4)18(12-14)29(26,27)21-2/h6-12,21H,5,13H2,1-4H3. The predicted molar refractivity (Wildman–Crippen MR) is 110 cm³/mol. The van der Waals surface area contributed by atoms with Crippen molar-refractivity contribution < 1.29 is 17.9 Å². The molecule has 0 aliphatic heterocycles. The number of nitrogens with zero attached hydrogens (tertiary/aromatic N) is 3. The number of sulfonamides is 1. The first-order valence-corrected chi connectivity index (χ1v) is 10.6. The molecule has 8 nitrogen and oxygen atoms in total. The third-order valence-electron chi connectivity index (χ3n) is 4.74. The number of rotatable bonds is 7. The van der Waals surface area contributed by atoms with E-state index in [0.29, 0.717) is 6.54 Å². The van der Waals surface area contributed by atoms with Crippen LogP contribution in [0, 0.1) is 0 Å². The summed E-state index contributed by atoms with van der Waals surface area (Å²) >= 11 is 0. The maximum atomic E-state index is 13.0. The molecule has 2 aromatic carbocycles. The third kappa shape index (κ3) is 3.96. The average Bonchev–Trinajstić information content (AvgIpc) is 3.09. The second-order valence-corrected chi connectivity index (χ2v) is 8.35. The van der Waals surface area contributed by atoms with Crippen LogP contribution in [0.4, 0.5) is 0 Å². The molecular formula is C20H24N4O4S. The number of nitrogens with one attached hydrogen (secondary N) is 1. The van der Waals surface area contributed by atoms with E-state index in [9.17, 15) is 13.2 Å². The van der Waals surface area contributed by atoms with Crippen molar-refractivity contribution in [2.75, 3.05) is 21.2 Å². The van der Waals surface area contributed by atoms with Crippen LogP contribution in [0.25, 0.3) is 11.0 Å². The van der Waals surface area contributed by atoms with Gasteiger partial charge in [-0.25, -0.2) is 18.1 Å². The van der Waals surface area contributed by atoms with Gasteiger partial charge in [-0.1, -0.05) is 12.1 Å². The van der Waals surface area contributed by atoms with E-state index in [0.717, 1.165) is 23.4 Å². The summed E-state index contributed by atoms with van der Waals surface area (Å²) < 4.78 is 34.0. The highest BCUT2D eigenvalue weighted by molar-refractivity contribution is 7.89. The van der Waals surface area contributed by atoms with Gasteiger partial charge in [0.2, 0.25) is 10.0 Å². The Balaban J connectivity index is 1.92. The summed E-state index contributed by atoms with van der Waals surface area (Å²) in [6, 6.07) is 12.2. The Morgan fingerprint density at radius 1 is 1.24 bits per heavy atom. The van der Waals surface area contributed by atoms with Crippen LogP contribution >= 0.6 is 0 Å². The minimum atomic E-state index is -3.77. The zero-order chi connectivity index (χ0) is 21.2. The van der Waals surface area contributed by atoms with Crippen LogP contribution in [0.3, 0.4) is 0 Å². The number of aryl methyl sites for hydroxylation is 1. The lowest BCUT2D eigenvalue weighted by Gasteiger charge is -2.18. The van der Waals surface area contributed by atoms with E-state index in [2.05, 4.69) is 14.3 Å². The number of amides is 1. The molecule has 9 heteroatoms. The molecular weight excluding hydrogens is 392 g/mol. The second kappa shape index (κ2) is 8.22. The highest BCUT2D eigenvalue weighted by Crippen LogP contribution is 2.25. The Kier molecular flexibility index (Phi) is 5.90. The summed E-state index contributed by atoms with van der Waals surface area (Å²) in [6.07, 6.45) is 0. The fraction of sp³-hybridized carbons (Fsp3) is 0.300. The number of carbonyl (C=O) groups excluding carboxylic acids is 1. The van der Waals surface area contributed by atoms with Crippen molar-refractivity contribution in [3.63, 3.8) is 0 Å². The van der Waals surface area contributed by atoms with Gasteiger partial charge in [-0.15, -0.1) is 0 Å². The van der Waals surface area contributed by atoms with Gasteiger partial charge < -0.3 is 14.2 Å². The highest BCUT2D eigenvalue weighted by Gasteiger charge is 2.22. The highest BCUT2D eigenvalue weighted by atomic mass is 32.2. The predicted octanol–water partition coefficient (Wildman–Crippen LogP) is 2.25. The summed E-state index contributed by atoms with van der Waals surface area (Å²) in [5.41, 5.74) is 2.14. The fourth-order valence-corrected chi connectivity index (χ4v) is 4.15. The molecule has 1 aromatic heterocycles. The number of hydrogen-bond donors (Lipinski definition) is 1. The van der Waals surface area contributed by atoms with Crippen LogP contribution < -0.4 is 9.46 Å². The van der Waals surface area contributed by atoms with Crippen LogP contribution in [-0.2, 0) is 23.1 Å². The van der Waals surface area contributed by atoms with Crippen LogP contribution in [0.15, 0.2) is 47.4 Å². The topological polar surface area (TPSA) is 93.5 Å². The first-order chi connectivity index (χ1) is 13.8. The lowest BCUT2D eigenvalue weighted by Crippen LogP contribution is -2.28. The smallest absolute Gasteiger partial charge is 0.254 e. The number of methoxy groups -OCH3 is 1. The van der Waals surface area contributed by atoms with Crippen molar-refractivity contribution in [3.05, 3.63) is 53.9 Å². The van der Waals surface area contributed by atoms with Crippen LogP contribution in [-0.4, -0.2) is 50.0 Å². The van der Waals surface area contributed by atoms with Gasteiger partial charge in [0.25, 0.3) is 5.91 Å². The molecule has 3 aromatic rings. The molecule has 0 radical (unpaired) electrons. The normalized spacial score (nSPS) is 11.6. The summed E-state index contributed by atoms with van der Waals surface area (Å²) in [5, 5.41) is 0. The van der Waals surface area contributed by atoms with Gasteiger partial charge in [-0.3, -0.25) is 4.79 Å². The van der Waals surface area contributed by atoms with Crippen molar-refractivity contribution in [3.8, 4) is 5.75 Å². The zero-order valence-electron chi connectivity index (χ0n) is 16.8. The third-order valence-corrected chi connectivity index (χ3v) is 6.18. The Morgan fingerprint density at radius 3 is 2.62 bits per heavy atom. The van der Waals surface area contributed by atoms with Crippen LogP contribution in [0.2, 0.25) is 0 Å². The summed E-state index contributed by atoms with van der Waals surface area (Å²) in [5.74, 6) is 0.627. The summed E-state index contributed by atoms with van der Waals surface area (Å²) in [4.78, 5) is 19.0. The summed E-state index contributed by atoms with van der Waals surface area (Å²) in [7, 11) is 0.585. The Hall–Kier alpha value is -2.91. The van der Waals surface area contributed by atoms with Gasteiger partial charge in [0, 0.05) is 19.2 Å². The molecule has 0 atom stereocenters. The Labute approximate surface area is 170 Å². The molecule has 0 saturated carbocycles. The lowest BCUT2D eigenvalue weighted by atomic mass is 10.2. The van der Waals surface area contributed by atoms with E-state index in [1.807, 2.05) is 31.2 Å². The minimum absolute atomic E-state index is 0.0810. The second-order valence-electron chi connectivity index (χ2n) is 6.50. The number of para-hydroxylation sites is 2. The van der Waals surface area contributed by atoms with Gasteiger partial charge in [0.05, 0.1) is 24.7 Å². The van der Waals surface area contributed by atoms with Crippen LogP contribution in [0.5, 0.6) is 5.75 Å². The molecule has 0 fully saturated rings. The number of ether oxygens (including phenoxy) is 1. The van der Waals surface area contributed by atoms with Crippen molar-refractivity contribution in [1.82, 2.24) is 19.2 Å². The maximum Gasteiger partial charge on any atom is 0.254 e. The van der Waals surface area contributed by atoms with E-state index in [4.69, 9.17) is 4.74 Å². The molecule has 1 amide bonds. The number of hydrogen-bond acceptors (Lipinski definition) is 5.